The van der Waals surface area contributed by atoms with Gasteiger partial charge in [0.05, 0.1) is 22.8 Å². The molecule has 24 heavy (non-hydrogen) atoms. The molecule has 1 aliphatic heterocycles. The zero-order chi connectivity index (χ0) is 17.3. The summed E-state index contributed by atoms with van der Waals surface area (Å²) in [4.78, 5) is 22.1. The minimum Gasteiger partial charge on any atom is -0.340 e. The average molecular weight is 349 g/mol. The molecule has 1 aromatic heterocycles. The molecule has 0 radical (unpaired) electrons. The van der Waals surface area contributed by atoms with Gasteiger partial charge in [0.1, 0.15) is 11.6 Å². The summed E-state index contributed by atoms with van der Waals surface area (Å²) in [7, 11) is -3.33. The summed E-state index contributed by atoms with van der Waals surface area (Å²) in [6.45, 7) is 4.40. The van der Waals surface area contributed by atoms with E-state index in [9.17, 15) is 13.2 Å². The largest absolute Gasteiger partial charge is 0.340 e. The van der Waals surface area contributed by atoms with Crippen molar-refractivity contribution < 1.29 is 13.2 Å². The number of carbonyl (C=O) groups is 1. The van der Waals surface area contributed by atoms with E-state index in [0.717, 1.165) is 35.3 Å². The molecule has 1 aromatic carbocycles. The monoisotopic (exact) mass is 349 g/mol. The lowest BCUT2D eigenvalue weighted by atomic mass is 10.2. The molecule has 130 valence electrons. The molecule has 2 heterocycles. The zero-order valence-electron chi connectivity index (χ0n) is 14.1. The Morgan fingerprint density at radius 1 is 1.42 bits per heavy atom. The van der Waals surface area contributed by atoms with Crippen LogP contribution in [0, 0.1) is 6.92 Å². The van der Waals surface area contributed by atoms with Crippen LogP contribution in [0.15, 0.2) is 18.2 Å². The highest BCUT2D eigenvalue weighted by Gasteiger charge is 2.33. The van der Waals surface area contributed by atoms with Gasteiger partial charge in [0.15, 0.2) is 9.84 Å². The lowest BCUT2D eigenvalue weighted by Crippen LogP contribution is -2.36. The number of nitrogens with zero attached hydrogens (tertiary/aromatic N) is 2. The van der Waals surface area contributed by atoms with Crippen LogP contribution >= 0.6 is 0 Å². The van der Waals surface area contributed by atoms with Crippen molar-refractivity contribution in [3.05, 3.63) is 29.6 Å². The molecule has 0 saturated carbocycles. The Morgan fingerprint density at radius 3 is 2.96 bits per heavy atom. The Kier molecular flexibility index (Phi) is 4.62. The number of H-pyrrole nitrogens is 1. The highest BCUT2D eigenvalue weighted by molar-refractivity contribution is 7.92. The van der Waals surface area contributed by atoms with E-state index in [1.54, 1.807) is 11.8 Å². The van der Waals surface area contributed by atoms with Crippen LogP contribution in [0.3, 0.4) is 0 Å². The van der Waals surface area contributed by atoms with E-state index in [-0.39, 0.29) is 17.7 Å². The number of carbonyl (C=O) groups excluding carboxylic acids is 1. The molecule has 1 atom stereocenters. The first-order valence-electron chi connectivity index (χ1n) is 8.36. The average Bonchev–Trinajstić information content (AvgIpc) is 3.11. The van der Waals surface area contributed by atoms with E-state index in [4.69, 9.17) is 0 Å². The van der Waals surface area contributed by atoms with Crippen LogP contribution in [0.2, 0.25) is 0 Å². The van der Waals surface area contributed by atoms with Crippen molar-refractivity contribution in [1.29, 1.82) is 0 Å². The maximum Gasteiger partial charge on any atom is 0.238 e. The molecule has 1 fully saturated rings. The molecule has 2 aromatic rings. The lowest BCUT2D eigenvalue weighted by molar-refractivity contribution is -0.129. The van der Waals surface area contributed by atoms with E-state index in [0.29, 0.717) is 13.0 Å². The number of rotatable bonds is 5. The van der Waals surface area contributed by atoms with E-state index >= 15 is 0 Å². The minimum atomic E-state index is -3.33. The number of amides is 1. The molecule has 0 spiro atoms. The van der Waals surface area contributed by atoms with Crippen molar-refractivity contribution in [2.24, 2.45) is 0 Å². The van der Waals surface area contributed by atoms with E-state index in [1.807, 2.05) is 25.1 Å². The SMILES string of the molecule is CCCS(=O)(=O)CC(=O)N1CCCC1c1nc2ccc(C)cc2[nH]1. The van der Waals surface area contributed by atoms with Gasteiger partial charge in [0.25, 0.3) is 0 Å². The fourth-order valence-electron chi connectivity index (χ4n) is 3.30. The van der Waals surface area contributed by atoms with Crippen molar-refractivity contribution in [3.63, 3.8) is 0 Å². The molecule has 7 heteroatoms. The van der Waals surface area contributed by atoms with Gasteiger partial charge in [-0.2, -0.15) is 0 Å². The number of aromatic amines is 1. The number of hydrogen-bond donors (Lipinski definition) is 1. The molecule has 1 unspecified atom stereocenters. The molecule has 1 N–H and O–H groups in total. The number of benzene rings is 1. The molecule has 1 amide bonds. The predicted octanol–water partition coefficient (Wildman–Crippen LogP) is 2.36. The molecule has 3 rings (SSSR count). The van der Waals surface area contributed by atoms with Gasteiger partial charge in [0.2, 0.25) is 5.91 Å². The second-order valence-electron chi connectivity index (χ2n) is 6.48. The molecule has 6 nitrogen and oxygen atoms in total. The number of hydrogen-bond acceptors (Lipinski definition) is 4. The zero-order valence-corrected chi connectivity index (χ0v) is 14.9. The van der Waals surface area contributed by atoms with E-state index < -0.39 is 15.6 Å². The Bertz CT molecular complexity index is 857. The van der Waals surface area contributed by atoms with Crippen LogP contribution in [0.4, 0.5) is 0 Å². The summed E-state index contributed by atoms with van der Waals surface area (Å²) in [5, 5.41) is 0. The van der Waals surface area contributed by atoms with Gasteiger partial charge in [-0.25, -0.2) is 13.4 Å². The van der Waals surface area contributed by atoms with Crippen molar-refractivity contribution >= 4 is 26.8 Å². The number of aromatic nitrogens is 2. The molecule has 1 aliphatic rings. The summed E-state index contributed by atoms with van der Waals surface area (Å²) in [6.07, 6.45) is 2.20. The first-order valence-corrected chi connectivity index (χ1v) is 10.2. The number of nitrogens with one attached hydrogen (secondary N) is 1. The van der Waals surface area contributed by atoms with Gasteiger partial charge >= 0.3 is 0 Å². The Balaban J connectivity index is 1.82. The van der Waals surface area contributed by atoms with Gasteiger partial charge < -0.3 is 9.88 Å². The lowest BCUT2D eigenvalue weighted by Gasteiger charge is -2.23. The second kappa shape index (κ2) is 6.55. The normalized spacial score (nSPS) is 18.4. The van der Waals surface area contributed by atoms with Crippen LogP contribution < -0.4 is 0 Å². The predicted molar refractivity (Wildman–Crippen MR) is 93.5 cm³/mol. The number of aryl methyl sites for hydroxylation is 1. The van der Waals surface area contributed by atoms with E-state index in [2.05, 4.69) is 9.97 Å². The van der Waals surface area contributed by atoms with Crippen molar-refractivity contribution in [2.75, 3.05) is 18.1 Å². The summed E-state index contributed by atoms with van der Waals surface area (Å²) < 4.78 is 23.9. The van der Waals surface area contributed by atoms with Crippen LogP contribution in [-0.2, 0) is 14.6 Å². The Labute approximate surface area is 142 Å². The van der Waals surface area contributed by atoms with Crippen LogP contribution in [0.25, 0.3) is 11.0 Å². The Hall–Kier alpha value is -1.89. The van der Waals surface area contributed by atoms with Gasteiger partial charge in [-0.3, -0.25) is 4.79 Å². The maximum atomic E-state index is 12.5. The third-order valence-electron chi connectivity index (χ3n) is 4.40. The second-order valence-corrected chi connectivity index (χ2v) is 8.66. The van der Waals surface area contributed by atoms with Gasteiger partial charge in [0, 0.05) is 6.54 Å². The summed E-state index contributed by atoms with van der Waals surface area (Å²) in [5.74, 6) is 0.0783. The third-order valence-corrected chi connectivity index (χ3v) is 6.12. The van der Waals surface area contributed by atoms with Gasteiger partial charge in [-0.05, 0) is 43.9 Å². The third kappa shape index (κ3) is 3.45. The minimum absolute atomic E-state index is 0.0567. The van der Waals surface area contributed by atoms with Gasteiger partial charge in [-0.1, -0.05) is 13.0 Å². The smallest absolute Gasteiger partial charge is 0.238 e. The standard InChI is InChI=1S/C17H23N3O3S/c1-3-9-24(22,23)11-16(21)20-8-4-5-15(20)17-18-13-7-6-12(2)10-14(13)19-17/h6-7,10,15H,3-5,8-9,11H2,1-2H3,(H,18,19). The first-order chi connectivity index (χ1) is 11.4. The molecule has 0 bridgehead atoms. The summed E-state index contributed by atoms with van der Waals surface area (Å²) >= 11 is 0. The number of imidazole rings is 1. The maximum absolute atomic E-state index is 12.5. The summed E-state index contributed by atoms with van der Waals surface area (Å²) in [6, 6.07) is 5.82. The first kappa shape index (κ1) is 17.0. The van der Waals surface area contributed by atoms with Crippen LogP contribution in [-0.4, -0.2) is 47.2 Å². The molecular weight excluding hydrogens is 326 g/mol. The van der Waals surface area contributed by atoms with Gasteiger partial charge in [-0.15, -0.1) is 0 Å². The van der Waals surface area contributed by atoms with Crippen molar-refractivity contribution in [1.82, 2.24) is 14.9 Å². The highest BCUT2D eigenvalue weighted by atomic mass is 32.2. The topological polar surface area (TPSA) is 83.1 Å². The fraction of sp³-hybridized carbons (Fsp3) is 0.529. The van der Waals surface area contributed by atoms with Crippen molar-refractivity contribution in [3.8, 4) is 0 Å². The fourth-order valence-corrected chi connectivity index (χ4v) is 4.61. The number of sulfone groups is 1. The quantitative estimate of drug-likeness (QED) is 0.898. The number of likely N-dealkylation sites (tertiary alicyclic amines) is 1. The van der Waals surface area contributed by atoms with Crippen LogP contribution in [0.1, 0.15) is 43.6 Å². The molecular formula is C17H23N3O3S. The molecule has 1 saturated heterocycles. The molecule has 0 aliphatic carbocycles. The van der Waals surface area contributed by atoms with E-state index in [1.165, 1.54) is 0 Å². The number of fused-ring (bicyclic) bond motifs is 1. The van der Waals surface area contributed by atoms with Crippen LogP contribution in [0.5, 0.6) is 0 Å². The summed E-state index contributed by atoms with van der Waals surface area (Å²) in [5.41, 5.74) is 2.96. The Morgan fingerprint density at radius 2 is 2.21 bits per heavy atom. The highest BCUT2D eigenvalue weighted by Crippen LogP contribution is 2.31. The van der Waals surface area contributed by atoms with Crippen molar-refractivity contribution in [2.45, 2.75) is 39.2 Å².